The van der Waals surface area contributed by atoms with E-state index in [1.54, 1.807) is 0 Å². The van der Waals surface area contributed by atoms with E-state index in [0.29, 0.717) is 13.2 Å². The molecule has 1 fully saturated rings. The van der Waals surface area contributed by atoms with Crippen molar-refractivity contribution in [2.45, 2.75) is 32.3 Å². The van der Waals surface area contributed by atoms with Crippen LogP contribution in [0.5, 0.6) is 5.75 Å². The minimum absolute atomic E-state index is 0. The van der Waals surface area contributed by atoms with Crippen LogP contribution in [0.2, 0.25) is 0 Å². The Morgan fingerprint density at radius 2 is 1.54 bits per heavy atom. The molecule has 2 aromatic rings. The summed E-state index contributed by atoms with van der Waals surface area (Å²) in [6.45, 7) is 11.5. The summed E-state index contributed by atoms with van der Waals surface area (Å²) < 4.78 is 5.78. The number of hydrogen-bond donors (Lipinski definition) is 1. The van der Waals surface area contributed by atoms with Crippen molar-refractivity contribution >= 4 is 18.1 Å². The van der Waals surface area contributed by atoms with Gasteiger partial charge in [-0.05, 0) is 35.2 Å². The Kier molecular flexibility index (Phi) is 8.17. The number of benzene rings is 2. The number of para-hydroxylation sites is 1. The third-order valence-electron chi connectivity index (χ3n) is 5.13. The van der Waals surface area contributed by atoms with E-state index in [1.165, 1.54) is 11.3 Å². The van der Waals surface area contributed by atoms with Gasteiger partial charge in [0.25, 0.3) is 0 Å². The van der Waals surface area contributed by atoms with E-state index in [9.17, 15) is 5.11 Å². The van der Waals surface area contributed by atoms with Gasteiger partial charge >= 0.3 is 0 Å². The predicted molar refractivity (Wildman–Crippen MR) is 119 cm³/mol. The molecule has 0 aromatic heterocycles. The molecule has 1 aliphatic heterocycles. The van der Waals surface area contributed by atoms with Crippen LogP contribution in [0.1, 0.15) is 26.3 Å². The molecule has 4 nitrogen and oxygen atoms in total. The van der Waals surface area contributed by atoms with Gasteiger partial charge in [0.05, 0.1) is 0 Å². The molecule has 1 atom stereocenters. The lowest BCUT2D eigenvalue weighted by Crippen LogP contribution is -2.49. The molecule has 2 aromatic carbocycles. The second-order valence-electron chi connectivity index (χ2n) is 8.36. The predicted octanol–water partition coefficient (Wildman–Crippen LogP) is 3.97. The molecule has 0 spiro atoms. The summed E-state index contributed by atoms with van der Waals surface area (Å²) in [4.78, 5) is 4.71. The minimum Gasteiger partial charge on any atom is -0.491 e. The third-order valence-corrected chi connectivity index (χ3v) is 5.13. The van der Waals surface area contributed by atoms with Crippen LogP contribution in [-0.4, -0.2) is 55.4 Å². The van der Waals surface area contributed by atoms with Crippen LogP contribution in [0.15, 0.2) is 54.6 Å². The van der Waals surface area contributed by atoms with Gasteiger partial charge in [0.2, 0.25) is 0 Å². The average molecular weight is 405 g/mol. The number of β-amino-alcohol motifs (C(OH)–C–C–N with tert-alkyl or cyclic N) is 1. The molecular weight excluding hydrogens is 372 g/mol. The van der Waals surface area contributed by atoms with Crippen LogP contribution in [0.4, 0.5) is 5.69 Å². The monoisotopic (exact) mass is 404 g/mol. The standard InChI is InChI=1S/C23H32N2O2.ClH/c1-23(2,3)19-9-11-22(12-10-19)27-18-21(26)17-24-13-15-25(16-14-24)20-7-5-4-6-8-20;/h4-12,21,26H,13-18H2,1-3H3;1H. The fourth-order valence-corrected chi connectivity index (χ4v) is 3.42. The van der Waals surface area contributed by atoms with Gasteiger partial charge in [-0.15, -0.1) is 12.4 Å². The van der Waals surface area contributed by atoms with Crippen LogP contribution in [-0.2, 0) is 5.41 Å². The van der Waals surface area contributed by atoms with E-state index in [2.05, 4.69) is 67.0 Å². The van der Waals surface area contributed by atoms with E-state index < -0.39 is 6.10 Å². The number of ether oxygens (including phenoxy) is 1. The van der Waals surface area contributed by atoms with Crippen LogP contribution in [0.25, 0.3) is 0 Å². The fraction of sp³-hybridized carbons (Fsp3) is 0.478. The molecule has 0 aliphatic carbocycles. The molecule has 1 aliphatic rings. The molecular formula is C23H33ClN2O2. The van der Waals surface area contributed by atoms with E-state index >= 15 is 0 Å². The number of aliphatic hydroxyl groups is 1. The Hall–Kier alpha value is -1.75. The average Bonchev–Trinajstić information content (AvgIpc) is 2.67. The van der Waals surface area contributed by atoms with Crippen molar-refractivity contribution in [2.24, 2.45) is 0 Å². The number of halogens is 1. The Labute approximate surface area is 175 Å². The smallest absolute Gasteiger partial charge is 0.119 e. The lowest BCUT2D eigenvalue weighted by Gasteiger charge is -2.36. The molecule has 1 unspecified atom stereocenters. The maximum absolute atomic E-state index is 10.3. The van der Waals surface area contributed by atoms with Gasteiger partial charge in [-0.25, -0.2) is 0 Å². The zero-order valence-electron chi connectivity index (χ0n) is 17.2. The largest absolute Gasteiger partial charge is 0.491 e. The summed E-state index contributed by atoms with van der Waals surface area (Å²) in [5, 5.41) is 10.3. The Balaban J connectivity index is 0.00000280. The quantitative estimate of drug-likeness (QED) is 0.790. The molecule has 1 saturated heterocycles. The molecule has 5 heteroatoms. The van der Waals surface area contributed by atoms with E-state index in [0.717, 1.165) is 31.9 Å². The lowest BCUT2D eigenvalue weighted by molar-refractivity contribution is 0.0663. The summed E-state index contributed by atoms with van der Waals surface area (Å²) in [5.74, 6) is 0.816. The zero-order chi connectivity index (χ0) is 19.3. The van der Waals surface area contributed by atoms with Gasteiger partial charge in [0, 0.05) is 38.4 Å². The number of anilines is 1. The number of nitrogens with zero attached hydrogens (tertiary/aromatic N) is 2. The zero-order valence-corrected chi connectivity index (χ0v) is 18.0. The van der Waals surface area contributed by atoms with Crippen LogP contribution in [0, 0.1) is 0 Å². The first-order valence-electron chi connectivity index (χ1n) is 9.85. The minimum atomic E-state index is -0.476. The molecule has 0 bridgehead atoms. The number of aliphatic hydroxyl groups excluding tert-OH is 1. The second-order valence-corrected chi connectivity index (χ2v) is 8.36. The fourth-order valence-electron chi connectivity index (χ4n) is 3.42. The molecule has 28 heavy (non-hydrogen) atoms. The van der Waals surface area contributed by atoms with Crippen LogP contribution in [0.3, 0.4) is 0 Å². The topological polar surface area (TPSA) is 35.9 Å². The highest BCUT2D eigenvalue weighted by atomic mass is 35.5. The van der Waals surface area contributed by atoms with Gasteiger partial charge in [-0.1, -0.05) is 51.1 Å². The molecule has 0 radical (unpaired) electrons. The maximum atomic E-state index is 10.3. The summed E-state index contributed by atoms with van der Waals surface area (Å²) >= 11 is 0. The molecule has 0 amide bonds. The summed E-state index contributed by atoms with van der Waals surface area (Å²) in [6.07, 6.45) is -0.476. The van der Waals surface area contributed by atoms with Gasteiger partial charge in [0.15, 0.2) is 0 Å². The highest BCUT2D eigenvalue weighted by Gasteiger charge is 2.20. The maximum Gasteiger partial charge on any atom is 0.119 e. The van der Waals surface area contributed by atoms with E-state index in [4.69, 9.17) is 4.74 Å². The van der Waals surface area contributed by atoms with Gasteiger partial charge in [0.1, 0.15) is 18.5 Å². The number of piperazine rings is 1. The van der Waals surface area contributed by atoms with Crippen molar-refractivity contribution < 1.29 is 9.84 Å². The van der Waals surface area contributed by atoms with Gasteiger partial charge in [-0.3, -0.25) is 4.90 Å². The Bertz CT molecular complexity index is 693. The Morgan fingerprint density at radius 3 is 2.11 bits per heavy atom. The molecule has 0 saturated carbocycles. The van der Waals surface area contributed by atoms with Crippen molar-refractivity contribution in [3.8, 4) is 5.75 Å². The van der Waals surface area contributed by atoms with E-state index in [1.807, 2.05) is 18.2 Å². The lowest BCUT2D eigenvalue weighted by atomic mass is 9.87. The first-order valence-corrected chi connectivity index (χ1v) is 9.85. The van der Waals surface area contributed by atoms with Crippen LogP contribution >= 0.6 is 12.4 Å². The van der Waals surface area contributed by atoms with Crippen molar-refractivity contribution in [2.75, 3.05) is 44.2 Å². The summed E-state index contributed by atoms with van der Waals surface area (Å²) in [6, 6.07) is 18.7. The molecule has 3 rings (SSSR count). The second kappa shape index (κ2) is 10.1. The SMILES string of the molecule is CC(C)(C)c1ccc(OCC(O)CN2CCN(c3ccccc3)CC2)cc1.Cl. The normalized spacial score (nSPS) is 16.4. The highest BCUT2D eigenvalue weighted by Crippen LogP contribution is 2.24. The number of hydrogen-bond acceptors (Lipinski definition) is 4. The van der Waals surface area contributed by atoms with E-state index in [-0.39, 0.29) is 17.8 Å². The highest BCUT2D eigenvalue weighted by molar-refractivity contribution is 5.85. The van der Waals surface area contributed by atoms with Crippen molar-refractivity contribution in [1.29, 1.82) is 0 Å². The summed E-state index contributed by atoms with van der Waals surface area (Å²) in [7, 11) is 0. The van der Waals surface area contributed by atoms with Crippen molar-refractivity contribution in [3.63, 3.8) is 0 Å². The molecule has 1 heterocycles. The first kappa shape index (κ1) is 22.5. The Morgan fingerprint density at radius 1 is 0.929 bits per heavy atom. The van der Waals surface area contributed by atoms with Crippen LogP contribution < -0.4 is 9.64 Å². The van der Waals surface area contributed by atoms with Gasteiger partial charge in [-0.2, -0.15) is 0 Å². The van der Waals surface area contributed by atoms with Crippen molar-refractivity contribution in [3.05, 3.63) is 60.2 Å². The van der Waals surface area contributed by atoms with Crippen molar-refractivity contribution in [1.82, 2.24) is 4.90 Å². The third kappa shape index (κ3) is 6.40. The molecule has 154 valence electrons. The van der Waals surface area contributed by atoms with Gasteiger partial charge < -0.3 is 14.7 Å². The number of rotatable bonds is 6. The summed E-state index contributed by atoms with van der Waals surface area (Å²) in [5.41, 5.74) is 2.70. The first-order chi connectivity index (χ1) is 12.9. The molecule has 1 N–H and O–H groups in total.